The van der Waals surface area contributed by atoms with Crippen molar-refractivity contribution in [3.63, 3.8) is 0 Å². The average molecular weight is 329 g/mol. The lowest BCUT2D eigenvalue weighted by atomic mass is 10.0. The van der Waals surface area contributed by atoms with Crippen molar-refractivity contribution in [3.05, 3.63) is 82.3 Å². The molecule has 0 aliphatic carbocycles. The van der Waals surface area contributed by atoms with Crippen molar-refractivity contribution in [2.75, 3.05) is 0 Å². The van der Waals surface area contributed by atoms with Gasteiger partial charge in [0.1, 0.15) is 5.82 Å². The highest BCUT2D eigenvalue weighted by Crippen LogP contribution is 2.20. The average Bonchev–Trinajstić information content (AvgIpc) is 2.96. The number of aromatic amines is 1. The Morgan fingerprint density at radius 1 is 1.08 bits per heavy atom. The van der Waals surface area contributed by atoms with Gasteiger partial charge in [-0.3, -0.25) is 4.57 Å². The van der Waals surface area contributed by atoms with Crippen molar-refractivity contribution in [3.8, 4) is 11.1 Å². The summed E-state index contributed by atoms with van der Waals surface area (Å²) in [5.74, 6) is -0.280. The van der Waals surface area contributed by atoms with Gasteiger partial charge in [-0.05, 0) is 28.8 Å². The first-order chi connectivity index (χ1) is 11.6. The van der Waals surface area contributed by atoms with Crippen LogP contribution in [0.1, 0.15) is 17.5 Å². The molecule has 124 valence electrons. The Kier molecular flexibility index (Phi) is 4.57. The first-order valence-corrected chi connectivity index (χ1v) is 7.29. The second-order valence-electron chi connectivity index (χ2n) is 5.38. The summed E-state index contributed by atoms with van der Waals surface area (Å²) in [6.07, 6.45) is 0.0872. The number of H-pyrrole nitrogens is 1. The molecule has 0 amide bonds. The molecule has 0 fully saturated rings. The van der Waals surface area contributed by atoms with Gasteiger partial charge in [0, 0.05) is 6.20 Å². The fourth-order valence-corrected chi connectivity index (χ4v) is 2.42. The fraction of sp³-hybridized carbons (Fsp3) is 0.118. The summed E-state index contributed by atoms with van der Waals surface area (Å²) in [6.45, 7) is 0.317. The Morgan fingerprint density at radius 3 is 2.25 bits per heavy atom. The van der Waals surface area contributed by atoms with Crippen LogP contribution in [0.5, 0.6) is 0 Å². The highest BCUT2D eigenvalue weighted by Gasteiger charge is 2.11. The minimum atomic E-state index is -1.35. The molecule has 0 saturated heterocycles. The summed E-state index contributed by atoms with van der Waals surface area (Å²) in [5, 5.41) is 18.1. The van der Waals surface area contributed by atoms with E-state index >= 15 is 0 Å². The second-order valence-corrected chi connectivity index (χ2v) is 5.38. The largest absolute Gasteiger partial charge is 0.371 e. The van der Waals surface area contributed by atoms with Crippen molar-refractivity contribution in [1.29, 1.82) is 0 Å². The zero-order valence-corrected chi connectivity index (χ0v) is 12.6. The molecule has 1 heterocycles. The van der Waals surface area contributed by atoms with E-state index in [1.165, 1.54) is 22.9 Å². The molecular formula is C17H16FN3O3. The van der Waals surface area contributed by atoms with Crippen molar-refractivity contribution in [2.45, 2.75) is 12.8 Å². The van der Waals surface area contributed by atoms with Crippen LogP contribution >= 0.6 is 0 Å². The Balaban J connectivity index is 1.78. The number of rotatable bonds is 5. The smallest absolute Gasteiger partial charge is 0.326 e. The normalized spacial score (nSPS) is 12.3. The fourth-order valence-electron chi connectivity index (χ4n) is 2.42. The molecule has 4 N–H and O–H groups in total. The second kappa shape index (κ2) is 6.79. The molecule has 0 saturated carbocycles. The first kappa shape index (κ1) is 16.1. The zero-order valence-electron chi connectivity index (χ0n) is 12.6. The van der Waals surface area contributed by atoms with Crippen LogP contribution in [0.2, 0.25) is 0 Å². The van der Waals surface area contributed by atoms with Gasteiger partial charge in [0.2, 0.25) is 0 Å². The summed E-state index contributed by atoms with van der Waals surface area (Å²) in [7, 11) is 0. The van der Waals surface area contributed by atoms with E-state index < -0.39 is 6.23 Å². The minimum Gasteiger partial charge on any atom is -0.371 e. The maximum absolute atomic E-state index is 13.0. The van der Waals surface area contributed by atoms with Crippen molar-refractivity contribution >= 4 is 0 Å². The molecule has 1 aromatic heterocycles. The number of imidazole rings is 1. The lowest BCUT2D eigenvalue weighted by Crippen LogP contribution is -2.18. The van der Waals surface area contributed by atoms with Crippen LogP contribution in [0.25, 0.3) is 11.1 Å². The number of hydrogen-bond acceptors (Lipinski definition) is 4. The van der Waals surface area contributed by atoms with Gasteiger partial charge < -0.3 is 15.3 Å². The summed E-state index contributed by atoms with van der Waals surface area (Å²) < 4.78 is 14.3. The van der Waals surface area contributed by atoms with Crippen molar-refractivity contribution < 1.29 is 14.7 Å². The third kappa shape index (κ3) is 3.43. The zero-order chi connectivity index (χ0) is 17.1. The van der Waals surface area contributed by atoms with Crippen LogP contribution in [0.4, 0.5) is 4.39 Å². The maximum Gasteiger partial charge on any atom is 0.326 e. The van der Waals surface area contributed by atoms with Crippen LogP contribution in [0.3, 0.4) is 0 Å². The predicted octanol–water partition coefficient (Wildman–Crippen LogP) is 2.00. The van der Waals surface area contributed by atoms with Crippen LogP contribution in [-0.4, -0.2) is 19.9 Å². The minimum absolute atomic E-state index is 0.172. The van der Waals surface area contributed by atoms with Gasteiger partial charge in [-0.15, -0.1) is 0 Å². The SMILES string of the molecule is O=c1[nH]c(C(O)NO)cn1Cc1ccc(-c2ccc(F)cc2)cc1. The highest BCUT2D eigenvalue weighted by atomic mass is 19.1. The van der Waals surface area contributed by atoms with E-state index in [4.69, 9.17) is 5.21 Å². The summed E-state index contributed by atoms with van der Waals surface area (Å²) >= 11 is 0. The topological polar surface area (TPSA) is 90.3 Å². The number of aliphatic hydroxyl groups is 1. The van der Waals surface area contributed by atoms with Crippen LogP contribution in [-0.2, 0) is 6.54 Å². The molecule has 1 atom stereocenters. The number of aromatic nitrogens is 2. The molecule has 3 aromatic rings. The van der Waals surface area contributed by atoms with Gasteiger partial charge in [-0.25, -0.2) is 9.18 Å². The summed E-state index contributed by atoms with van der Waals surface area (Å²) in [6, 6.07) is 13.8. The van der Waals surface area contributed by atoms with Gasteiger partial charge in [-0.1, -0.05) is 36.4 Å². The lowest BCUT2D eigenvalue weighted by molar-refractivity contribution is -0.00174. The van der Waals surface area contributed by atoms with Gasteiger partial charge in [0.25, 0.3) is 0 Å². The number of halogens is 1. The third-order valence-corrected chi connectivity index (χ3v) is 3.71. The predicted molar refractivity (Wildman–Crippen MR) is 85.9 cm³/mol. The van der Waals surface area contributed by atoms with Crippen molar-refractivity contribution in [2.24, 2.45) is 0 Å². The number of hydroxylamine groups is 1. The van der Waals surface area contributed by atoms with Gasteiger partial charge >= 0.3 is 5.69 Å². The standard InChI is InChI=1S/C17H16FN3O3/c18-14-7-5-13(6-8-14)12-3-1-11(2-4-12)9-21-10-15(16(22)20-24)19-17(21)23/h1-8,10,16,20,22,24H,9H2,(H,19,23). The van der Waals surface area contributed by atoms with E-state index in [1.807, 2.05) is 24.3 Å². The van der Waals surface area contributed by atoms with E-state index in [1.54, 1.807) is 17.6 Å². The Bertz CT molecular complexity index is 869. The van der Waals surface area contributed by atoms with Gasteiger partial charge in [-0.2, -0.15) is 5.48 Å². The molecule has 2 aromatic carbocycles. The summed E-state index contributed by atoms with van der Waals surface area (Å²) in [5.41, 5.74) is 4.18. The lowest BCUT2D eigenvalue weighted by Gasteiger charge is -2.06. The van der Waals surface area contributed by atoms with E-state index in [9.17, 15) is 14.3 Å². The number of nitrogens with one attached hydrogen (secondary N) is 2. The van der Waals surface area contributed by atoms with Gasteiger partial charge in [0.15, 0.2) is 6.23 Å². The Morgan fingerprint density at radius 2 is 1.67 bits per heavy atom. The molecule has 0 bridgehead atoms. The number of nitrogens with zero attached hydrogens (tertiary/aromatic N) is 1. The molecule has 7 heteroatoms. The molecule has 1 unspecified atom stereocenters. The Hall–Kier alpha value is -2.74. The van der Waals surface area contributed by atoms with E-state index in [-0.39, 0.29) is 17.2 Å². The molecule has 24 heavy (non-hydrogen) atoms. The molecular weight excluding hydrogens is 313 g/mol. The molecule has 6 nitrogen and oxygen atoms in total. The van der Waals surface area contributed by atoms with Crippen LogP contribution in [0.15, 0.2) is 59.5 Å². The van der Waals surface area contributed by atoms with E-state index in [2.05, 4.69) is 4.98 Å². The van der Waals surface area contributed by atoms with E-state index in [0.717, 1.165) is 16.7 Å². The molecule has 0 spiro atoms. The molecule has 0 aliphatic rings. The van der Waals surface area contributed by atoms with Crippen molar-refractivity contribution in [1.82, 2.24) is 15.0 Å². The monoisotopic (exact) mass is 329 g/mol. The Labute approximate surface area is 136 Å². The molecule has 0 radical (unpaired) electrons. The quantitative estimate of drug-likeness (QED) is 0.426. The third-order valence-electron chi connectivity index (χ3n) is 3.71. The number of aliphatic hydroxyl groups excluding tert-OH is 1. The summed E-state index contributed by atoms with van der Waals surface area (Å²) in [4.78, 5) is 14.3. The molecule has 3 rings (SSSR count). The molecule has 0 aliphatic heterocycles. The van der Waals surface area contributed by atoms with Gasteiger partial charge in [0.05, 0.1) is 12.2 Å². The van der Waals surface area contributed by atoms with Crippen LogP contribution in [0, 0.1) is 5.82 Å². The first-order valence-electron chi connectivity index (χ1n) is 7.29. The van der Waals surface area contributed by atoms with E-state index in [0.29, 0.717) is 6.54 Å². The number of hydrogen-bond donors (Lipinski definition) is 4. The number of benzene rings is 2. The highest BCUT2D eigenvalue weighted by molar-refractivity contribution is 5.63. The maximum atomic E-state index is 13.0. The van der Waals surface area contributed by atoms with Crippen LogP contribution < -0.4 is 11.2 Å².